The highest BCUT2D eigenvalue weighted by atomic mass is 35.5. The summed E-state index contributed by atoms with van der Waals surface area (Å²) in [6.45, 7) is 3.49. The number of fused-ring (bicyclic) bond motifs is 1. The van der Waals surface area contributed by atoms with E-state index in [4.69, 9.17) is 5.73 Å². The lowest BCUT2D eigenvalue weighted by Crippen LogP contribution is -2.47. The average molecular weight is 376 g/mol. The van der Waals surface area contributed by atoms with E-state index in [1.54, 1.807) is 0 Å². The Morgan fingerprint density at radius 3 is 2.71 bits per heavy atom. The van der Waals surface area contributed by atoms with Gasteiger partial charge in [-0.2, -0.15) is 0 Å². The van der Waals surface area contributed by atoms with Crippen LogP contribution in [0.15, 0.2) is 24.3 Å². The molecule has 0 fully saturated rings. The molecule has 0 saturated heterocycles. The predicted octanol–water partition coefficient (Wildman–Crippen LogP) is 0.738. The molecular formula is C16H26ClN3O3S. The molecule has 1 amide bonds. The number of hydrogen-bond acceptors (Lipinski definition) is 5. The average Bonchev–Trinajstić information content (AvgIpc) is 2.93. The van der Waals surface area contributed by atoms with Crippen molar-refractivity contribution in [3.8, 4) is 0 Å². The second-order valence-electron chi connectivity index (χ2n) is 6.19. The van der Waals surface area contributed by atoms with Gasteiger partial charge in [-0.15, -0.1) is 12.4 Å². The first-order valence-electron chi connectivity index (χ1n) is 7.83. The van der Waals surface area contributed by atoms with Crippen molar-refractivity contribution in [2.75, 3.05) is 30.0 Å². The van der Waals surface area contributed by atoms with Crippen LogP contribution in [0.5, 0.6) is 0 Å². The molecule has 2 atom stereocenters. The van der Waals surface area contributed by atoms with Crippen molar-refractivity contribution < 1.29 is 13.2 Å². The van der Waals surface area contributed by atoms with Crippen LogP contribution >= 0.6 is 12.4 Å². The van der Waals surface area contributed by atoms with Gasteiger partial charge in [-0.1, -0.05) is 18.2 Å². The molecule has 0 saturated carbocycles. The molecule has 2 rings (SSSR count). The number of nitrogens with zero attached hydrogens (tertiary/aromatic N) is 1. The van der Waals surface area contributed by atoms with Crippen molar-refractivity contribution >= 4 is 33.8 Å². The third kappa shape index (κ3) is 5.65. The molecule has 0 bridgehead atoms. The van der Waals surface area contributed by atoms with Crippen molar-refractivity contribution in [1.29, 1.82) is 0 Å². The first-order valence-corrected chi connectivity index (χ1v) is 9.89. The minimum absolute atomic E-state index is 0. The lowest BCUT2D eigenvalue weighted by molar-refractivity contribution is -0.122. The number of sulfone groups is 1. The van der Waals surface area contributed by atoms with Gasteiger partial charge >= 0.3 is 0 Å². The Balaban J connectivity index is 0.00000288. The number of anilines is 1. The van der Waals surface area contributed by atoms with Crippen LogP contribution in [0.3, 0.4) is 0 Å². The van der Waals surface area contributed by atoms with Crippen molar-refractivity contribution in [1.82, 2.24) is 5.32 Å². The fourth-order valence-electron chi connectivity index (χ4n) is 2.78. The summed E-state index contributed by atoms with van der Waals surface area (Å²) >= 11 is 0. The number of amides is 1. The summed E-state index contributed by atoms with van der Waals surface area (Å²) < 4.78 is 22.2. The maximum Gasteiger partial charge on any atom is 0.237 e. The summed E-state index contributed by atoms with van der Waals surface area (Å²) in [5.74, 6) is -0.371. The van der Waals surface area contributed by atoms with E-state index < -0.39 is 15.9 Å². The maximum atomic E-state index is 12.0. The molecule has 0 aromatic heterocycles. The zero-order valence-electron chi connectivity index (χ0n) is 14.1. The van der Waals surface area contributed by atoms with Crippen LogP contribution in [-0.4, -0.2) is 51.5 Å². The summed E-state index contributed by atoms with van der Waals surface area (Å²) in [5, 5.41) is 2.83. The summed E-state index contributed by atoms with van der Waals surface area (Å²) in [7, 11) is -3.10. The number of carbonyl (C=O) groups is 1. The summed E-state index contributed by atoms with van der Waals surface area (Å²) in [5.41, 5.74) is 8.30. The Morgan fingerprint density at radius 2 is 2.04 bits per heavy atom. The lowest BCUT2D eigenvalue weighted by atomic mass is 10.1. The van der Waals surface area contributed by atoms with Crippen LogP contribution in [0.25, 0.3) is 0 Å². The minimum Gasteiger partial charge on any atom is -0.366 e. The van der Waals surface area contributed by atoms with E-state index in [0.717, 1.165) is 19.2 Å². The van der Waals surface area contributed by atoms with Crippen molar-refractivity contribution in [2.45, 2.75) is 31.8 Å². The normalized spacial score (nSPS) is 16.0. The number of benzene rings is 1. The number of hydrogen-bond donors (Lipinski definition) is 2. The van der Waals surface area contributed by atoms with E-state index in [1.807, 2.05) is 12.1 Å². The standard InChI is InChI=1S/C16H25N3O3S.ClH/c1-12(19-9-7-13-5-3-4-6-15(13)19)11-18-16(20)14(17)8-10-23(2,21)22;/h3-6,12,14H,7-11,17H2,1-2H3,(H,18,20);1H. The molecule has 3 N–H and O–H groups in total. The molecule has 0 aliphatic carbocycles. The highest BCUT2D eigenvalue weighted by Crippen LogP contribution is 2.28. The van der Waals surface area contributed by atoms with Crippen LogP contribution in [0, 0.1) is 0 Å². The van der Waals surface area contributed by atoms with E-state index in [2.05, 4.69) is 29.3 Å². The SMILES string of the molecule is CC(CNC(=O)C(N)CCS(C)(=O)=O)N1CCc2ccccc21.Cl. The molecule has 1 aliphatic heterocycles. The van der Waals surface area contributed by atoms with E-state index in [-0.39, 0.29) is 36.5 Å². The van der Waals surface area contributed by atoms with Crippen molar-refractivity contribution in [3.05, 3.63) is 29.8 Å². The van der Waals surface area contributed by atoms with Crippen LogP contribution in [0.1, 0.15) is 18.9 Å². The van der Waals surface area contributed by atoms with Crippen LogP contribution < -0.4 is 16.0 Å². The van der Waals surface area contributed by atoms with Crippen LogP contribution in [0.2, 0.25) is 0 Å². The minimum atomic E-state index is -3.10. The zero-order valence-corrected chi connectivity index (χ0v) is 15.7. The van der Waals surface area contributed by atoms with E-state index in [9.17, 15) is 13.2 Å². The summed E-state index contributed by atoms with van der Waals surface area (Å²) in [6, 6.07) is 7.65. The molecule has 8 heteroatoms. The van der Waals surface area contributed by atoms with Gasteiger partial charge in [0.1, 0.15) is 9.84 Å². The topological polar surface area (TPSA) is 92.5 Å². The smallest absolute Gasteiger partial charge is 0.237 e. The summed E-state index contributed by atoms with van der Waals surface area (Å²) in [6.07, 6.45) is 2.30. The monoisotopic (exact) mass is 375 g/mol. The van der Waals surface area contributed by atoms with Crippen molar-refractivity contribution in [2.24, 2.45) is 5.73 Å². The summed E-state index contributed by atoms with van der Waals surface area (Å²) in [4.78, 5) is 14.3. The van der Waals surface area contributed by atoms with Crippen molar-refractivity contribution in [3.63, 3.8) is 0 Å². The second-order valence-corrected chi connectivity index (χ2v) is 8.45. The molecule has 1 aromatic rings. The molecule has 136 valence electrons. The second kappa shape index (κ2) is 8.69. The third-order valence-corrected chi connectivity index (χ3v) is 5.14. The van der Waals surface area contributed by atoms with Gasteiger partial charge in [0.15, 0.2) is 0 Å². The molecular weight excluding hydrogens is 350 g/mol. The first kappa shape index (κ1) is 20.7. The highest BCUT2D eigenvalue weighted by Gasteiger charge is 2.24. The highest BCUT2D eigenvalue weighted by molar-refractivity contribution is 7.90. The number of rotatable bonds is 7. The molecule has 0 spiro atoms. The predicted molar refractivity (Wildman–Crippen MR) is 99.5 cm³/mol. The molecule has 24 heavy (non-hydrogen) atoms. The van der Waals surface area contributed by atoms with Gasteiger partial charge in [-0.25, -0.2) is 8.42 Å². The van der Waals surface area contributed by atoms with Gasteiger partial charge in [0.05, 0.1) is 11.8 Å². The van der Waals surface area contributed by atoms with Crippen LogP contribution in [0.4, 0.5) is 5.69 Å². The van der Waals surface area contributed by atoms with Gasteiger partial charge in [0, 0.05) is 31.1 Å². The Bertz CT molecular complexity index is 666. The molecule has 0 radical (unpaired) electrons. The first-order chi connectivity index (χ1) is 10.8. The fourth-order valence-corrected chi connectivity index (χ4v) is 3.47. The Kier molecular flexibility index (Phi) is 7.51. The number of carbonyl (C=O) groups excluding carboxylic acids is 1. The number of halogens is 1. The largest absolute Gasteiger partial charge is 0.366 e. The molecule has 1 aliphatic rings. The maximum absolute atomic E-state index is 12.0. The fraction of sp³-hybridized carbons (Fsp3) is 0.562. The Hall–Kier alpha value is -1.31. The van der Waals surface area contributed by atoms with Gasteiger partial charge in [-0.05, 0) is 31.4 Å². The number of nitrogens with one attached hydrogen (secondary N) is 1. The van der Waals surface area contributed by atoms with Gasteiger partial charge in [0.25, 0.3) is 0 Å². The van der Waals surface area contributed by atoms with E-state index in [1.165, 1.54) is 11.3 Å². The quantitative estimate of drug-likeness (QED) is 0.733. The molecule has 1 heterocycles. The number of para-hydroxylation sites is 1. The Morgan fingerprint density at radius 1 is 1.38 bits per heavy atom. The van der Waals surface area contributed by atoms with Gasteiger partial charge < -0.3 is 16.0 Å². The molecule has 6 nitrogen and oxygen atoms in total. The lowest BCUT2D eigenvalue weighted by Gasteiger charge is -2.28. The van der Waals surface area contributed by atoms with Gasteiger partial charge in [-0.3, -0.25) is 4.79 Å². The van der Waals surface area contributed by atoms with E-state index in [0.29, 0.717) is 6.54 Å². The number of nitrogens with two attached hydrogens (primary N) is 1. The Labute approximate surface area is 150 Å². The molecule has 2 unspecified atom stereocenters. The third-order valence-electron chi connectivity index (χ3n) is 4.16. The van der Waals surface area contributed by atoms with Crippen LogP contribution in [-0.2, 0) is 21.1 Å². The zero-order chi connectivity index (χ0) is 17.0. The van der Waals surface area contributed by atoms with E-state index >= 15 is 0 Å². The molecule has 1 aromatic carbocycles. The van der Waals surface area contributed by atoms with Gasteiger partial charge in [0.2, 0.25) is 5.91 Å².